The van der Waals surface area contributed by atoms with E-state index in [0.29, 0.717) is 35.7 Å². The minimum atomic E-state index is -0.752. The zero-order chi connectivity index (χ0) is 15.3. The van der Waals surface area contributed by atoms with Gasteiger partial charge >= 0.3 is 5.97 Å². The first-order valence-electron chi connectivity index (χ1n) is 7.25. The summed E-state index contributed by atoms with van der Waals surface area (Å²) < 4.78 is 0. The van der Waals surface area contributed by atoms with Crippen LogP contribution >= 0.6 is 11.6 Å². The van der Waals surface area contributed by atoms with Crippen molar-refractivity contribution in [3.63, 3.8) is 0 Å². The number of halogens is 1. The maximum Gasteiger partial charge on any atom is 0.311 e. The third-order valence-corrected chi connectivity index (χ3v) is 4.57. The number of carboxylic acid groups (broad SMARTS) is 1. The molecule has 0 radical (unpaired) electrons. The van der Waals surface area contributed by atoms with Crippen molar-refractivity contribution < 1.29 is 9.90 Å². The van der Waals surface area contributed by atoms with E-state index in [-0.39, 0.29) is 0 Å². The lowest BCUT2D eigenvalue weighted by molar-refractivity contribution is -0.149. The maximum atomic E-state index is 11.7. The van der Waals surface area contributed by atoms with Gasteiger partial charge in [-0.15, -0.1) is 0 Å². The number of nitrogens with zero attached hydrogens (tertiary/aromatic N) is 1. The molecule has 2 rings (SSSR count). The Hall–Kier alpha value is -1.73. The van der Waals surface area contributed by atoms with Crippen LogP contribution in [0.4, 0.5) is 5.69 Å². The summed E-state index contributed by atoms with van der Waals surface area (Å²) >= 11 is 6.00. The molecule has 0 heterocycles. The van der Waals surface area contributed by atoms with Crippen LogP contribution in [0.1, 0.15) is 44.1 Å². The van der Waals surface area contributed by atoms with E-state index in [9.17, 15) is 9.90 Å². The number of nitrogens with one attached hydrogen (secondary N) is 1. The topological polar surface area (TPSA) is 73.1 Å². The van der Waals surface area contributed by atoms with Gasteiger partial charge in [-0.05, 0) is 25.0 Å². The third kappa shape index (κ3) is 3.48. The molecular formula is C16H19ClN2O2. The lowest BCUT2D eigenvalue weighted by Crippen LogP contribution is -2.37. The van der Waals surface area contributed by atoms with Crippen LogP contribution < -0.4 is 5.32 Å². The molecule has 0 saturated heterocycles. The fourth-order valence-electron chi connectivity index (χ4n) is 2.92. The van der Waals surface area contributed by atoms with Gasteiger partial charge in [-0.1, -0.05) is 43.4 Å². The van der Waals surface area contributed by atoms with E-state index < -0.39 is 11.4 Å². The molecule has 0 aromatic heterocycles. The normalized spacial score (nSPS) is 17.5. The molecule has 0 unspecified atom stereocenters. The molecule has 4 nitrogen and oxygen atoms in total. The van der Waals surface area contributed by atoms with E-state index in [1.54, 1.807) is 18.2 Å². The molecular weight excluding hydrogens is 288 g/mol. The molecule has 0 spiro atoms. The van der Waals surface area contributed by atoms with Crippen molar-refractivity contribution >= 4 is 23.3 Å². The number of rotatable bonds is 4. The van der Waals surface area contributed by atoms with Gasteiger partial charge in [0.25, 0.3) is 0 Å². The summed E-state index contributed by atoms with van der Waals surface area (Å²) in [7, 11) is 0. The third-order valence-electron chi connectivity index (χ3n) is 4.26. The average Bonchev–Trinajstić information content (AvgIpc) is 2.71. The van der Waals surface area contributed by atoms with Gasteiger partial charge in [-0.25, -0.2) is 0 Å². The van der Waals surface area contributed by atoms with Crippen molar-refractivity contribution in [3.05, 3.63) is 28.8 Å². The van der Waals surface area contributed by atoms with Gasteiger partial charge in [0.15, 0.2) is 0 Å². The highest BCUT2D eigenvalue weighted by molar-refractivity contribution is 6.32. The molecule has 1 aliphatic rings. The lowest BCUT2D eigenvalue weighted by atomic mass is 9.80. The number of hydrogen-bond acceptors (Lipinski definition) is 3. The van der Waals surface area contributed by atoms with Crippen molar-refractivity contribution in [1.29, 1.82) is 5.26 Å². The molecule has 21 heavy (non-hydrogen) atoms. The summed E-state index contributed by atoms with van der Waals surface area (Å²) in [6, 6.07) is 7.24. The van der Waals surface area contributed by atoms with Gasteiger partial charge in [-0.3, -0.25) is 4.79 Å². The van der Waals surface area contributed by atoms with Crippen molar-refractivity contribution in [2.45, 2.75) is 38.5 Å². The molecule has 0 amide bonds. The predicted octanol–water partition coefficient (Wildman–Crippen LogP) is 4.05. The van der Waals surface area contributed by atoms with Crippen LogP contribution in [0, 0.1) is 16.7 Å². The molecule has 1 saturated carbocycles. The molecule has 1 fully saturated rings. The fraction of sp³-hybridized carbons (Fsp3) is 0.500. The summed E-state index contributed by atoms with van der Waals surface area (Å²) in [5, 5.41) is 22.3. The lowest BCUT2D eigenvalue weighted by Gasteiger charge is -2.29. The van der Waals surface area contributed by atoms with Gasteiger partial charge in [0, 0.05) is 6.54 Å². The SMILES string of the molecule is N#Cc1c(Cl)cccc1NCC1(C(=O)O)CCCCCC1. The summed E-state index contributed by atoms with van der Waals surface area (Å²) in [6.45, 7) is 0.331. The predicted molar refractivity (Wildman–Crippen MR) is 82.4 cm³/mol. The van der Waals surface area contributed by atoms with Gasteiger partial charge < -0.3 is 10.4 Å². The highest BCUT2D eigenvalue weighted by atomic mass is 35.5. The Labute approximate surface area is 129 Å². The minimum absolute atomic E-state index is 0.331. The summed E-state index contributed by atoms with van der Waals surface area (Å²) in [5.41, 5.74) is 0.231. The first kappa shape index (κ1) is 15.7. The number of aliphatic carboxylic acids is 1. The zero-order valence-electron chi connectivity index (χ0n) is 11.9. The van der Waals surface area contributed by atoms with Crippen molar-refractivity contribution in [2.24, 2.45) is 5.41 Å². The molecule has 1 aromatic carbocycles. The van der Waals surface area contributed by atoms with E-state index in [0.717, 1.165) is 25.7 Å². The monoisotopic (exact) mass is 306 g/mol. The number of carbonyl (C=O) groups is 1. The zero-order valence-corrected chi connectivity index (χ0v) is 12.6. The molecule has 112 valence electrons. The fourth-order valence-corrected chi connectivity index (χ4v) is 3.14. The number of anilines is 1. The largest absolute Gasteiger partial charge is 0.481 e. The van der Waals surface area contributed by atoms with E-state index in [1.807, 2.05) is 0 Å². The number of hydrogen-bond donors (Lipinski definition) is 2. The highest BCUT2D eigenvalue weighted by Crippen LogP contribution is 2.36. The minimum Gasteiger partial charge on any atom is -0.481 e. The molecule has 1 aliphatic carbocycles. The van der Waals surface area contributed by atoms with Crippen LogP contribution in [-0.2, 0) is 4.79 Å². The van der Waals surface area contributed by atoms with Crippen LogP contribution in [0.25, 0.3) is 0 Å². The standard InChI is InChI=1S/C16H19ClN2O2/c17-13-6-5-7-14(12(13)10-18)19-11-16(15(20)21)8-3-1-2-4-9-16/h5-7,19H,1-4,8-9,11H2,(H,20,21). The Balaban J connectivity index is 2.18. The molecule has 0 bridgehead atoms. The molecule has 5 heteroatoms. The second-order valence-electron chi connectivity index (χ2n) is 5.63. The average molecular weight is 307 g/mol. The van der Waals surface area contributed by atoms with Crippen LogP contribution in [0.15, 0.2) is 18.2 Å². The van der Waals surface area contributed by atoms with Crippen molar-refractivity contribution in [1.82, 2.24) is 0 Å². The highest BCUT2D eigenvalue weighted by Gasteiger charge is 2.38. The Kier molecular flexibility index (Phi) is 5.08. The maximum absolute atomic E-state index is 11.7. The summed E-state index contributed by atoms with van der Waals surface area (Å²) in [5.74, 6) is -0.752. The Bertz CT molecular complexity index is 558. The van der Waals surface area contributed by atoms with E-state index in [2.05, 4.69) is 11.4 Å². The van der Waals surface area contributed by atoms with Crippen LogP contribution in [0.3, 0.4) is 0 Å². The summed E-state index contributed by atoms with van der Waals surface area (Å²) in [4.78, 5) is 11.7. The quantitative estimate of drug-likeness (QED) is 0.823. The number of nitriles is 1. The smallest absolute Gasteiger partial charge is 0.311 e. The Morgan fingerprint density at radius 3 is 2.57 bits per heavy atom. The van der Waals surface area contributed by atoms with E-state index >= 15 is 0 Å². The van der Waals surface area contributed by atoms with Gasteiger partial charge in [-0.2, -0.15) is 5.26 Å². The molecule has 1 aromatic rings. The van der Waals surface area contributed by atoms with Crippen LogP contribution in [0.2, 0.25) is 5.02 Å². The first-order valence-corrected chi connectivity index (χ1v) is 7.63. The van der Waals surface area contributed by atoms with Crippen LogP contribution in [0.5, 0.6) is 0 Å². The molecule has 0 atom stereocenters. The van der Waals surface area contributed by atoms with Crippen molar-refractivity contribution in [2.75, 3.05) is 11.9 Å². The summed E-state index contributed by atoms with van der Waals surface area (Å²) in [6.07, 6.45) is 5.42. The molecule has 0 aliphatic heterocycles. The van der Waals surface area contributed by atoms with Gasteiger partial charge in [0.05, 0.1) is 21.7 Å². The van der Waals surface area contributed by atoms with E-state index in [1.165, 1.54) is 0 Å². The Morgan fingerprint density at radius 1 is 1.33 bits per heavy atom. The van der Waals surface area contributed by atoms with Crippen LogP contribution in [-0.4, -0.2) is 17.6 Å². The van der Waals surface area contributed by atoms with Gasteiger partial charge in [0.1, 0.15) is 6.07 Å². The second kappa shape index (κ2) is 6.82. The van der Waals surface area contributed by atoms with E-state index in [4.69, 9.17) is 16.9 Å². The number of carboxylic acids is 1. The number of benzene rings is 1. The Morgan fingerprint density at radius 2 is 2.00 bits per heavy atom. The molecule has 2 N–H and O–H groups in total. The van der Waals surface area contributed by atoms with Crippen molar-refractivity contribution in [3.8, 4) is 6.07 Å². The van der Waals surface area contributed by atoms with Gasteiger partial charge in [0.2, 0.25) is 0 Å². The second-order valence-corrected chi connectivity index (χ2v) is 6.03. The first-order chi connectivity index (χ1) is 10.1.